The zero-order valence-electron chi connectivity index (χ0n) is 20.4. The molecule has 2 aromatic carbocycles. The molecule has 0 unspecified atom stereocenters. The molecule has 0 saturated heterocycles. The molecule has 2 heterocycles. The van der Waals surface area contributed by atoms with Crippen LogP contribution < -0.4 is 19.7 Å². The number of hydrogen-bond donors (Lipinski definition) is 2. The van der Waals surface area contributed by atoms with Crippen molar-refractivity contribution in [3.05, 3.63) is 54.0 Å². The van der Waals surface area contributed by atoms with Crippen LogP contribution in [0.15, 0.2) is 42.7 Å². The van der Waals surface area contributed by atoms with Gasteiger partial charge in [0.25, 0.3) is 0 Å². The number of ether oxygens (including phenoxy) is 2. The third-order valence-electron chi connectivity index (χ3n) is 6.20. The Balaban J connectivity index is 1.85. The fraction of sp³-hybridized carbons (Fsp3) is 0.346. The van der Waals surface area contributed by atoms with Gasteiger partial charge in [0.2, 0.25) is 0 Å². The molecule has 0 spiro atoms. The van der Waals surface area contributed by atoms with Crippen molar-refractivity contribution in [1.82, 2.24) is 20.2 Å². The summed E-state index contributed by atoms with van der Waals surface area (Å²) in [6, 6.07) is 10.6. The second-order valence-electron chi connectivity index (χ2n) is 8.50. The number of nitrogens with zero attached hydrogens (tertiary/aromatic N) is 4. The van der Waals surface area contributed by atoms with Crippen LogP contribution in [0, 0.1) is 5.41 Å². The first-order chi connectivity index (χ1) is 16.5. The fourth-order valence-corrected chi connectivity index (χ4v) is 4.30. The van der Waals surface area contributed by atoms with E-state index in [9.17, 15) is 0 Å². The van der Waals surface area contributed by atoms with Crippen LogP contribution in [0.3, 0.4) is 0 Å². The summed E-state index contributed by atoms with van der Waals surface area (Å²) in [6.45, 7) is 6.96. The SMILES string of the molecule is CN/C=C(\C=N)c1cnc2ccc(N3CCN(C(C)C)Cc4c(OC)cc(OC)cc43)cc2n1. The fourth-order valence-electron chi connectivity index (χ4n) is 4.30. The number of nitrogens with one attached hydrogen (secondary N) is 2. The van der Waals surface area contributed by atoms with Crippen molar-refractivity contribution in [2.45, 2.75) is 26.4 Å². The number of rotatable bonds is 7. The highest BCUT2D eigenvalue weighted by Gasteiger charge is 2.26. The van der Waals surface area contributed by atoms with Gasteiger partial charge >= 0.3 is 0 Å². The Bertz CT molecular complexity index is 1220. The van der Waals surface area contributed by atoms with Crippen molar-refractivity contribution >= 4 is 34.2 Å². The van der Waals surface area contributed by atoms with Crippen LogP contribution >= 0.6 is 0 Å². The Kier molecular flexibility index (Phi) is 6.98. The van der Waals surface area contributed by atoms with E-state index in [-0.39, 0.29) is 0 Å². The van der Waals surface area contributed by atoms with Crippen molar-refractivity contribution < 1.29 is 9.47 Å². The number of aromatic nitrogens is 2. The highest BCUT2D eigenvalue weighted by Crippen LogP contribution is 2.41. The number of allylic oxidation sites excluding steroid dienone is 1. The van der Waals surface area contributed by atoms with Gasteiger partial charge in [-0.15, -0.1) is 0 Å². The highest BCUT2D eigenvalue weighted by molar-refractivity contribution is 6.07. The van der Waals surface area contributed by atoms with Gasteiger partial charge in [0, 0.05) is 74.1 Å². The van der Waals surface area contributed by atoms with Crippen LogP contribution in [0.25, 0.3) is 16.6 Å². The maximum atomic E-state index is 7.71. The molecule has 8 heteroatoms. The number of methoxy groups -OCH3 is 2. The topological polar surface area (TPSA) is 86.6 Å². The normalized spacial score (nSPS) is 14.6. The van der Waals surface area contributed by atoms with Crippen LogP contribution in [0.5, 0.6) is 11.5 Å². The van der Waals surface area contributed by atoms with Crippen molar-refractivity contribution in [2.24, 2.45) is 0 Å². The molecule has 0 bridgehead atoms. The first-order valence-corrected chi connectivity index (χ1v) is 11.4. The molecule has 4 rings (SSSR count). The van der Waals surface area contributed by atoms with Gasteiger partial charge in [0.1, 0.15) is 11.5 Å². The first kappa shape index (κ1) is 23.5. The lowest BCUT2D eigenvalue weighted by molar-refractivity contribution is 0.221. The summed E-state index contributed by atoms with van der Waals surface area (Å²) in [5.41, 5.74) is 6.14. The zero-order valence-corrected chi connectivity index (χ0v) is 20.4. The number of benzene rings is 2. The van der Waals surface area contributed by atoms with Crippen LogP contribution in [-0.4, -0.2) is 61.5 Å². The summed E-state index contributed by atoms with van der Waals surface area (Å²) in [5, 5.41) is 10.7. The molecule has 2 N–H and O–H groups in total. The molecule has 1 aliphatic heterocycles. The van der Waals surface area contributed by atoms with Crippen molar-refractivity contribution in [3.63, 3.8) is 0 Å². The molecule has 0 amide bonds. The standard InChI is InChI=1S/C26H32N6O2/c1-17(2)31-8-9-32(25-11-20(33-4)12-26(34-5)21(25)16-31)19-6-7-22-23(10-19)30-24(15-29-22)18(13-27)14-28-3/h6-7,10-15,17,27-28H,8-9,16H2,1-5H3/b18-14+,27-13?. The minimum absolute atomic E-state index is 0.406. The molecular formula is C26H32N6O2. The molecule has 0 radical (unpaired) electrons. The van der Waals surface area contributed by atoms with Gasteiger partial charge in [-0.3, -0.25) is 9.88 Å². The van der Waals surface area contributed by atoms with E-state index in [1.807, 2.05) is 12.1 Å². The third-order valence-corrected chi connectivity index (χ3v) is 6.20. The van der Waals surface area contributed by atoms with Crippen molar-refractivity contribution in [3.8, 4) is 11.5 Å². The average molecular weight is 461 g/mol. The molecule has 0 aliphatic carbocycles. The minimum atomic E-state index is 0.406. The number of anilines is 2. The van der Waals surface area contributed by atoms with Crippen molar-refractivity contribution in [2.75, 3.05) is 39.3 Å². The largest absolute Gasteiger partial charge is 0.497 e. The molecule has 1 aromatic heterocycles. The van der Waals surface area contributed by atoms with Crippen molar-refractivity contribution in [1.29, 1.82) is 5.41 Å². The quantitative estimate of drug-likeness (QED) is 0.511. The minimum Gasteiger partial charge on any atom is -0.497 e. The lowest BCUT2D eigenvalue weighted by atomic mass is 10.1. The predicted molar refractivity (Wildman–Crippen MR) is 137 cm³/mol. The maximum absolute atomic E-state index is 7.71. The second kappa shape index (κ2) is 10.1. The van der Waals surface area contributed by atoms with Crippen LogP contribution in [-0.2, 0) is 6.54 Å². The summed E-state index contributed by atoms with van der Waals surface area (Å²) in [5.74, 6) is 1.58. The lowest BCUT2D eigenvalue weighted by Gasteiger charge is -2.26. The Labute approximate surface area is 200 Å². The van der Waals surface area contributed by atoms with E-state index in [2.05, 4.69) is 52.1 Å². The summed E-state index contributed by atoms with van der Waals surface area (Å²) in [7, 11) is 5.18. The molecule has 8 nitrogen and oxygen atoms in total. The third kappa shape index (κ3) is 4.54. The zero-order chi connectivity index (χ0) is 24.2. The summed E-state index contributed by atoms with van der Waals surface area (Å²) in [6.07, 6.45) is 4.73. The molecular weight excluding hydrogens is 428 g/mol. The predicted octanol–water partition coefficient (Wildman–Crippen LogP) is 4.22. The van der Waals surface area contributed by atoms with E-state index in [0.29, 0.717) is 17.3 Å². The summed E-state index contributed by atoms with van der Waals surface area (Å²) in [4.78, 5) is 14.1. The van der Waals surface area contributed by atoms with Gasteiger partial charge in [-0.25, -0.2) is 4.98 Å². The van der Waals surface area contributed by atoms with Gasteiger partial charge in [0.05, 0.1) is 42.8 Å². The van der Waals surface area contributed by atoms with Gasteiger partial charge in [-0.1, -0.05) is 0 Å². The van der Waals surface area contributed by atoms with Crippen LogP contribution in [0.4, 0.5) is 11.4 Å². The Morgan fingerprint density at radius 2 is 1.94 bits per heavy atom. The summed E-state index contributed by atoms with van der Waals surface area (Å²) < 4.78 is 11.4. The monoisotopic (exact) mass is 460 g/mol. The van der Waals surface area contributed by atoms with Crippen LogP contribution in [0.1, 0.15) is 25.1 Å². The first-order valence-electron chi connectivity index (χ1n) is 11.4. The van der Waals surface area contributed by atoms with E-state index in [1.54, 1.807) is 33.7 Å². The van der Waals surface area contributed by atoms with E-state index < -0.39 is 0 Å². The van der Waals surface area contributed by atoms with Gasteiger partial charge in [-0.2, -0.15) is 0 Å². The molecule has 0 fully saturated rings. The van der Waals surface area contributed by atoms with E-state index in [0.717, 1.165) is 59.1 Å². The molecule has 1 aliphatic rings. The molecule has 0 saturated carbocycles. The Hall–Kier alpha value is -3.65. The second-order valence-corrected chi connectivity index (χ2v) is 8.50. The Morgan fingerprint density at radius 1 is 1.12 bits per heavy atom. The van der Waals surface area contributed by atoms with E-state index in [1.165, 1.54) is 6.21 Å². The Morgan fingerprint density at radius 3 is 2.62 bits per heavy atom. The van der Waals surface area contributed by atoms with Crippen LogP contribution in [0.2, 0.25) is 0 Å². The average Bonchev–Trinajstić information content (AvgIpc) is 3.06. The maximum Gasteiger partial charge on any atom is 0.129 e. The lowest BCUT2D eigenvalue weighted by Crippen LogP contribution is -2.34. The molecule has 3 aromatic rings. The highest BCUT2D eigenvalue weighted by atomic mass is 16.5. The number of fused-ring (bicyclic) bond motifs is 2. The van der Waals surface area contributed by atoms with E-state index in [4.69, 9.17) is 19.9 Å². The molecule has 34 heavy (non-hydrogen) atoms. The van der Waals surface area contributed by atoms with Gasteiger partial charge in [-0.05, 0) is 32.0 Å². The number of hydrogen-bond acceptors (Lipinski definition) is 8. The molecule has 178 valence electrons. The molecule has 0 atom stereocenters. The van der Waals surface area contributed by atoms with E-state index >= 15 is 0 Å². The smallest absolute Gasteiger partial charge is 0.129 e. The van der Waals surface area contributed by atoms with Gasteiger partial charge in [0.15, 0.2) is 0 Å². The van der Waals surface area contributed by atoms with Gasteiger partial charge < -0.3 is 25.1 Å². The summed E-state index contributed by atoms with van der Waals surface area (Å²) >= 11 is 0.